The Kier molecular flexibility index (Phi) is 10.5. The van der Waals surface area contributed by atoms with Crippen molar-refractivity contribution in [3.8, 4) is 17.1 Å². The van der Waals surface area contributed by atoms with E-state index in [1.807, 2.05) is 22.7 Å². The van der Waals surface area contributed by atoms with Gasteiger partial charge >= 0.3 is 0 Å². The van der Waals surface area contributed by atoms with Gasteiger partial charge < -0.3 is 32.3 Å². The Morgan fingerprint density at radius 3 is 1.17 bits per heavy atom. The maximum absolute atomic E-state index is 7.15. The first-order valence-corrected chi connectivity index (χ1v) is 35.8. The second kappa shape index (κ2) is 19.6. The molecule has 10 heteroatoms. The van der Waals surface area contributed by atoms with Gasteiger partial charge in [0.15, 0.2) is 0 Å². The third kappa shape index (κ3) is 7.02. The minimum atomic E-state index is -0.246. The van der Waals surface area contributed by atoms with Crippen LogP contribution in [0.1, 0.15) is 0 Å². The van der Waals surface area contributed by atoms with Crippen LogP contribution in [0.25, 0.3) is 167 Å². The molecule has 0 aliphatic carbocycles. The summed E-state index contributed by atoms with van der Waals surface area (Å²) >= 11 is 3.78. The van der Waals surface area contributed by atoms with E-state index in [1.54, 1.807) is 0 Å². The molecule has 9 heterocycles. The van der Waals surface area contributed by atoms with Gasteiger partial charge in [-0.15, -0.1) is 22.7 Å². The Bertz CT molecular complexity index is 7260. The lowest BCUT2D eigenvalue weighted by Crippen LogP contribution is -2.61. The molecule has 0 amide bonds. The molecule has 0 unspecified atom stereocenters. The summed E-state index contributed by atoms with van der Waals surface area (Å²) < 4.78 is 26.6. The van der Waals surface area contributed by atoms with E-state index in [0.29, 0.717) is 0 Å². The van der Waals surface area contributed by atoms with E-state index in [9.17, 15) is 0 Å². The van der Waals surface area contributed by atoms with E-state index >= 15 is 0 Å². The van der Waals surface area contributed by atoms with Crippen LogP contribution in [0, 0.1) is 0 Å². The van der Waals surface area contributed by atoms with Gasteiger partial charge in [-0.25, -0.2) is 0 Å². The van der Waals surface area contributed by atoms with Crippen molar-refractivity contribution in [3.63, 3.8) is 0 Å². The summed E-state index contributed by atoms with van der Waals surface area (Å²) in [5.74, 6) is 0. The SMILES string of the molecule is c1cc(N2c3cc4c(cc3B3c5cc(-n6c7ccccc7c7ccccc76)ccc5N(c5cccc6oc7ccc(-n8c9ccccc9c9ccccc98)cc7c56)c5c3c2cc2c5sc3ccccc32)sc2ccccc24)c2c(c1)oc1ccc(-n3c4ccccc4c4ccccc43)cc12. The highest BCUT2D eigenvalue weighted by molar-refractivity contribution is 7.27. The molecule has 24 rings (SSSR count). The van der Waals surface area contributed by atoms with Crippen molar-refractivity contribution in [2.75, 3.05) is 9.80 Å². The van der Waals surface area contributed by atoms with Crippen LogP contribution < -0.4 is 26.2 Å². The maximum atomic E-state index is 7.15. The van der Waals surface area contributed by atoms with Gasteiger partial charge in [0.25, 0.3) is 6.71 Å². The fourth-order valence-corrected chi connectivity index (χ4v) is 20.3. The molecule has 2 aliphatic rings. The van der Waals surface area contributed by atoms with Gasteiger partial charge in [0.1, 0.15) is 22.3 Å². The van der Waals surface area contributed by atoms with Crippen molar-refractivity contribution in [1.29, 1.82) is 0 Å². The fraction of sp³-hybridized carbons (Fsp3) is 0. The number of hydrogen-bond acceptors (Lipinski definition) is 6. The third-order valence-corrected chi connectivity index (χ3v) is 24.3. The topological polar surface area (TPSA) is 47.6 Å². The first kappa shape index (κ1) is 53.5. The number of aromatic nitrogens is 3. The number of para-hydroxylation sites is 6. The maximum Gasteiger partial charge on any atom is 0.252 e. The molecule has 0 atom stereocenters. The molecule has 7 aromatic heterocycles. The molecule has 100 heavy (non-hydrogen) atoms. The van der Waals surface area contributed by atoms with Crippen LogP contribution in [-0.2, 0) is 0 Å². The van der Waals surface area contributed by atoms with Gasteiger partial charge in [0, 0.05) is 113 Å². The Morgan fingerprint density at radius 2 is 0.660 bits per heavy atom. The average Bonchev–Trinajstić information content (AvgIpc) is 1.04. The zero-order valence-corrected chi connectivity index (χ0v) is 54.9. The van der Waals surface area contributed by atoms with E-state index in [-0.39, 0.29) is 6.71 Å². The Labute approximate surface area is 578 Å². The van der Waals surface area contributed by atoms with Crippen molar-refractivity contribution in [1.82, 2.24) is 13.7 Å². The fourth-order valence-electron chi connectivity index (χ4n) is 17.9. The number of anilines is 6. The molecule has 0 saturated carbocycles. The molecule has 0 fully saturated rings. The quantitative estimate of drug-likeness (QED) is 0.161. The van der Waals surface area contributed by atoms with E-state index in [0.717, 1.165) is 111 Å². The summed E-state index contributed by atoms with van der Waals surface area (Å²) in [5.41, 5.74) is 23.9. The number of thiophene rings is 2. The van der Waals surface area contributed by atoms with Crippen molar-refractivity contribution < 1.29 is 8.83 Å². The molecule has 0 radical (unpaired) electrons. The second-order valence-corrected chi connectivity index (χ2v) is 29.1. The van der Waals surface area contributed by atoms with Gasteiger partial charge in [-0.05, 0) is 162 Å². The first-order valence-electron chi connectivity index (χ1n) is 34.2. The highest BCUT2D eigenvalue weighted by Crippen LogP contribution is 2.55. The monoisotopic (exact) mass is 1310 g/mol. The number of benzene rings is 15. The van der Waals surface area contributed by atoms with Crippen LogP contribution in [0.15, 0.2) is 312 Å². The van der Waals surface area contributed by atoms with Gasteiger partial charge in [0.05, 0.1) is 65.6 Å². The summed E-state index contributed by atoms with van der Waals surface area (Å²) in [5, 5.41) is 16.5. The van der Waals surface area contributed by atoms with Crippen LogP contribution in [0.5, 0.6) is 0 Å². The summed E-state index contributed by atoms with van der Waals surface area (Å²) in [6.45, 7) is -0.246. The molecule has 0 spiro atoms. The standard InChI is InChI=1S/C90H50BN5O2S2/c1-9-27-68-54(19-1)55-20-2-10-28-69(55)92(68)51-40-43-79-64(45-51)86-75(33-17-35-81(86)97-79)95-77-48-62-60-25-7-15-37-83(60)99-85(62)50-67(77)91-66-47-53(94-72-31-13-5-23-58(72)59-24-6-14-32-73(59)94)39-42-74(66)96(89-88(91)78(95)49-63-61-26-8-16-38-84(61)100-90(63)89)76-34-18-36-82-87(76)65-46-52(41-44-80(65)98-82)93-70-29-11-3-21-56(70)57-22-4-12-30-71(57)93/h1-50H. The number of nitrogens with zero attached hydrogens (tertiary/aromatic N) is 5. The van der Waals surface area contributed by atoms with E-state index in [4.69, 9.17) is 8.83 Å². The Morgan fingerprint density at radius 1 is 0.250 bits per heavy atom. The van der Waals surface area contributed by atoms with Gasteiger partial charge in [-0.3, -0.25) is 0 Å². The molecular weight excluding hydrogens is 1260 g/mol. The van der Waals surface area contributed by atoms with Crippen molar-refractivity contribution >= 4 is 230 Å². The van der Waals surface area contributed by atoms with Crippen LogP contribution >= 0.6 is 22.7 Å². The zero-order chi connectivity index (χ0) is 64.7. The molecule has 0 bridgehead atoms. The van der Waals surface area contributed by atoms with Crippen molar-refractivity contribution in [2.45, 2.75) is 0 Å². The minimum Gasteiger partial charge on any atom is -0.456 e. The minimum absolute atomic E-state index is 0.246. The molecule has 2 aliphatic heterocycles. The molecule has 0 saturated heterocycles. The molecule has 15 aromatic carbocycles. The van der Waals surface area contributed by atoms with E-state index < -0.39 is 0 Å². The largest absolute Gasteiger partial charge is 0.456 e. The molecule has 7 nitrogen and oxygen atoms in total. The molecule has 462 valence electrons. The zero-order valence-electron chi connectivity index (χ0n) is 53.3. The van der Waals surface area contributed by atoms with Crippen LogP contribution in [0.4, 0.5) is 34.1 Å². The molecular formula is C90H50BN5O2S2. The normalized spacial score (nSPS) is 13.1. The van der Waals surface area contributed by atoms with Crippen molar-refractivity contribution in [3.05, 3.63) is 303 Å². The predicted octanol–water partition coefficient (Wildman–Crippen LogP) is 23.6. The number of furan rings is 2. The lowest BCUT2D eigenvalue weighted by Gasteiger charge is -2.44. The average molecular weight is 1310 g/mol. The number of fused-ring (bicyclic) bond motifs is 26. The Hall–Kier alpha value is -12.6. The highest BCUT2D eigenvalue weighted by atomic mass is 32.1. The number of rotatable bonds is 5. The Balaban J connectivity index is 0.843. The van der Waals surface area contributed by atoms with E-state index in [2.05, 4.69) is 327 Å². The summed E-state index contributed by atoms with van der Waals surface area (Å²) in [4.78, 5) is 5.29. The lowest BCUT2D eigenvalue weighted by atomic mass is 9.33. The second-order valence-electron chi connectivity index (χ2n) is 27.0. The lowest BCUT2D eigenvalue weighted by molar-refractivity contribution is 0.668. The molecule has 22 aromatic rings. The van der Waals surface area contributed by atoms with E-state index in [1.165, 1.54) is 106 Å². The van der Waals surface area contributed by atoms with Crippen LogP contribution in [0.3, 0.4) is 0 Å². The molecule has 0 N–H and O–H groups in total. The van der Waals surface area contributed by atoms with Gasteiger partial charge in [-0.1, -0.05) is 158 Å². The summed E-state index contributed by atoms with van der Waals surface area (Å²) in [6, 6.07) is 113. The predicted molar refractivity (Wildman–Crippen MR) is 424 cm³/mol. The van der Waals surface area contributed by atoms with Crippen LogP contribution in [0.2, 0.25) is 0 Å². The smallest absolute Gasteiger partial charge is 0.252 e. The van der Waals surface area contributed by atoms with Crippen LogP contribution in [-0.4, -0.2) is 20.4 Å². The van der Waals surface area contributed by atoms with Crippen molar-refractivity contribution in [2.24, 2.45) is 0 Å². The highest BCUT2D eigenvalue weighted by Gasteiger charge is 2.46. The third-order valence-electron chi connectivity index (χ3n) is 22.0. The number of hydrogen-bond donors (Lipinski definition) is 0. The van der Waals surface area contributed by atoms with Gasteiger partial charge in [-0.2, -0.15) is 0 Å². The first-order chi connectivity index (χ1) is 49.6. The summed E-state index contributed by atoms with van der Waals surface area (Å²) in [6.07, 6.45) is 0. The summed E-state index contributed by atoms with van der Waals surface area (Å²) in [7, 11) is 0. The van der Waals surface area contributed by atoms with Gasteiger partial charge in [0.2, 0.25) is 0 Å².